The predicted octanol–water partition coefficient (Wildman–Crippen LogP) is 1.71. The van der Waals surface area contributed by atoms with E-state index in [2.05, 4.69) is 4.99 Å². The van der Waals surface area contributed by atoms with Gasteiger partial charge in [-0.1, -0.05) is 30.3 Å². The number of aliphatic imine (C=N–C) groups is 1. The second-order valence-electron chi connectivity index (χ2n) is 4.83. The fraction of sp³-hybridized carbons (Fsp3) is 0.375. The number of ether oxygens (including phenoxy) is 2. The molecule has 2 unspecified atom stereocenters. The van der Waals surface area contributed by atoms with E-state index < -0.39 is 5.92 Å². The first-order valence-electron chi connectivity index (χ1n) is 6.78. The Morgan fingerprint density at radius 2 is 2.05 bits per heavy atom. The molecule has 0 spiro atoms. The molecule has 2 atom stereocenters. The summed E-state index contributed by atoms with van der Waals surface area (Å²) in [5.41, 5.74) is 1.38. The molecule has 1 aromatic rings. The highest BCUT2D eigenvalue weighted by Gasteiger charge is 2.35. The molecule has 0 saturated heterocycles. The zero-order chi connectivity index (χ0) is 15.2. The maximum atomic E-state index is 12.5. The van der Waals surface area contributed by atoms with Crippen LogP contribution in [-0.4, -0.2) is 36.4 Å². The molecule has 0 fully saturated rings. The van der Waals surface area contributed by atoms with Crippen molar-refractivity contribution in [2.75, 3.05) is 13.7 Å². The third-order valence-electron chi connectivity index (χ3n) is 3.47. The van der Waals surface area contributed by atoms with Gasteiger partial charge >= 0.3 is 0 Å². The average Bonchev–Trinajstić information content (AvgIpc) is 2.53. The first kappa shape index (κ1) is 15.4. The van der Waals surface area contributed by atoms with Crippen molar-refractivity contribution in [1.29, 1.82) is 0 Å². The normalized spacial score (nSPS) is 19.8. The van der Waals surface area contributed by atoms with E-state index in [0.717, 1.165) is 5.56 Å². The summed E-state index contributed by atoms with van der Waals surface area (Å²) in [5, 5.41) is 9.31. The number of allylic oxidation sites excluding steroid dienone is 1. The van der Waals surface area contributed by atoms with Crippen LogP contribution in [0.4, 0.5) is 0 Å². The van der Waals surface area contributed by atoms with Gasteiger partial charge in [-0.15, -0.1) is 0 Å². The monoisotopic (exact) mass is 289 g/mol. The second kappa shape index (κ2) is 7.15. The van der Waals surface area contributed by atoms with Gasteiger partial charge in [0.05, 0.1) is 30.5 Å². The van der Waals surface area contributed by atoms with E-state index >= 15 is 0 Å². The first-order valence-corrected chi connectivity index (χ1v) is 6.78. The minimum absolute atomic E-state index is 0.199. The molecule has 112 valence electrons. The molecule has 0 radical (unpaired) electrons. The molecular weight excluding hydrogens is 270 g/mol. The number of methoxy groups -OCH3 is 1. The maximum Gasteiger partial charge on any atom is 0.210 e. The van der Waals surface area contributed by atoms with Crippen molar-refractivity contribution in [3.05, 3.63) is 47.9 Å². The van der Waals surface area contributed by atoms with Gasteiger partial charge in [0.1, 0.15) is 6.61 Å². The van der Waals surface area contributed by atoms with Crippen molar-refractivity contribution in [2.24, 2.45) is 10.9 Å². The summed E-state index contributed by atoms with van der Waals surface area (Å²) in [6.07, 6.45) is 1.00. The van der Waals surface area contributed by atoms with Gasteiger partial charge in [-0.25, -0.2) is 0 Å². The van der Waals surface area contributed by atoms with Crippen molar-refractivity contribution in [3.8, 4) is 0 Å². The van der Waals surface area contributed by atoms with E-state index in [4.69, 9.17) is 9.47 Å². The topological polar surface area (TPSA) is 68.1 Å². The van der Waals surface area contributed by atoms with Crippen LogP contribution in [0.1, 0.15) is 12.5 Å². The summed E-state index contributed by atoms with van der Waals surface area (Å²) in [5.74, 6) is -0.611. The number of hydrogen-bond donors (Lipinski definition) is 1. The van der Waals surface area contributed by atoms with Crippen molar-refractivity contribution < 1.29 is 19.4 Å². The predicted molar refractivity (Wildman–Crippen MR) is 78.8 cm³/mol. The van der Waals surface area contributed by atoms with Crippen LogP contribution in [0, 0.1) is 5.92 Å². The highest BCUT2D eigenvalue weighted by atomic mass is 16.5. The zero-order valence-corrected chi connectivity index (χ0v) is 12.2. The van der Waals surface area contributed by atoms with Gasteiger partial charge in [-0.3, -0.25) is 9.79 Å². The highest BCUT2D eigenvalue weighted by Crippen LogP contribution is 2.22. The molecule has 1 aliphatic heterocycles. The molecule has 21 heavy (non-hydrogen) atoms. The summed E-state index contributed by atoms with van der Waals surface area (Å²) in [7, 11) is 1.52. The molecule has 5 nitrogen and oxygen atoms in total. The standard InChI is InChI=1S/C16H19NO4/c1-11(20-2)15-13(9-18)17-8-14(16(15)19)21-10-12-6-4-3-5-7-12/h3-8,11,15,18H,9-10H2,1-2H3. The Morgan fingerprint density at radius 3 is 2.67 bits per heavy atom. The fourth-order valence-electron chi connectivity index (χ4n) is 2.19. The Kier molecular flexibility index (Phi) is 5.25. The second-order valence-corrected chi connectivity index (χ2v) is 4.83. The van der Waals surface area contributed by atoms with Crippen LogP contribution in [-0.2, 0) is 20.9 Å². The molecule has 2 rings (SSSR count). The van der Waals surface area contributed by atoms with Gasteiger partial charge in [0.25, 0.3) is 0 Å². The number of carbonyl (C=O) groups excluding carboxylic acids is 1. The Hall–Kier alpha value is -1.98. The summed E-state index contributed by atoms with van der Waals surface area (Å²) < 4.78 is 10.8. The molecule has 0 aliphatic carbocycles. The lowest BCUT2D eigenvalue weighted by atomic mass is 9.90. The lowest BCUT2D eigenvalue weighted by Crippen LogP contribution is -2.39. The molecule has 0 bridgehead atoms. The molecule has 0 aromatic heterocycles. The van der Waals surface area contributed by atoms with Crippen LogP contribution < -0.4 is 0 Å². The van der Waals surface area contributed by atoms with Crippen LogP contribution in [0.25, 0.3) is 0 Å². The number of Topliss-reactive ketones (excluding diaryl/α,β-unsaturated/α-hetero) is 1. The average molecular weight is 289 g/mol. The molecule has 0 amide bonds. The zero-order valence-electron chi connectivity index (χ0n) is 12.2. The number of hydrogen-bond acceptors (Lipinski definition) is 5. The third kappa shape index (κ3) is 3.56. The molecular formula is C16H19NO4. The van der Waals surface area contributed by atoms with Gasteiger partial charge in [0.15, 0.2) is 5.76 Å². The van der Waals surface area contributed by atoms with Crippen molar-refractivity contribution in [1.82, 2.24) is 0 Å². The van der Waals surface area contributed by atoms with Crippen LogP contribution in [0.15, 0.2) is 47.3 Å². The van der Waals surface area contributed by atoms with Crippen LogP contribution in [0.3, 0.4) is 0 Å². The van der Waals surface area contributed by atoms with Crippen LogP contribution in [0.5, 0.6) is 0 Å². The molecule has 1 N–H and O–H groups in total. The van der Waals surface area contributed by atoms with Crippen molar-refractivity contribution >= 4 is 11.5 Å². The van der Waals surface area contributed by atoms with E-state index in [1.54, 1.807) is 6.92 Å². The van der Waals surface area contributed by atoms with Crippen LogP contribution >= 0.6 is 0 Å². The minimum atomic E-state index is -0.601. The summed E-state index contributed by atoms with van der Waals surface area (Å²) in [6.45, 7) is 1.80. The van der Waals surface area contributed by atoms with E-state index in [-0.39, 0.29) is 24.3 Å². The largest absolute Gasteiger partial charge is 0.484 e. The Labute approximate surface area is 123 Å². The van der Waals surface area contributed by atoms with Gasteiger partial charge in [-0.2, -0.15) is 0 Å². The summed E-state index contributed by atoms with van der Waals surface area (Å²) in [4.78, 5) is 16.6. The Morgan fingerprint density at radius 1 is 1.33 bits per heavy atom. The number of aliphatic hydroxyl groups is 1. The lowest BCUT2D eigenvalue weighted by molar-refractivity contribution is -0.124. The molecule has 1 aromatic carbocycles. The van der Waals surface area contributed by atoms with Gasteiger partial charge in [0.2, 0.25) is 5.78 Å². The number of benzene rings is 1. The van der Waals surface area contributed by atoms with Crippen molar-refractivity contribution in [3.63, 3.8) is 0 Å². The quantitative estimate of drug-likeness (QED) is 0.865. The van der Waals surface area contributed by atoms with Gasteiger partial charge in [-0.05, 0) is 12.5 Å². The van der Waals surface area contributed by atoms with E-state index in [1.165, 1.54) is 13.3 Å². The number of rotatable bonds is 6. The maximum absolute atomic E-state index is 12.5. The smallest absolute Gasteiger partial charge is 0.210 e. The van der Waals surface area contributed by atoms with E-state index in [1.807, 2.05) is 30.3 Å². The number of aliphatic hydroxyl groups excluding tert-OH is 1. The van der Waals surface area contributed by atoms with Crippen molar-refractivity contribution in [2.45, 2.75) is 19.6 Å². The van der Waals surface area contributed by atoms with Crippen LogP contribution in [0.2, 0.25) is 0 Å². The highest BCUT2D eigenvalue weighted by molar-refractivity contribution is 6.14. The molecule has 0 saturated carbocycles. The molecule has 5 heteroatoms. The van der Waals surface area contributed by atoms with Gasteiger partial charge < -0.3 is 14.6 Å². The SMILES string of the molecule is COC(C)C1C(=O)C(OCc2ccccc2)=CN=C1CO. The molecule has 1 heterocycles. The Balaban J connectivity index is 2.11. The first-order chi connectivity index (χ1) is 10.2. The Bertz CT molecular complexity index is 551. The fourth-order valence-corrected chi connectivity index (χ4v) is 2.19. The summed E-state index contributed by atoms with van der Waals surface area (Å²) in [6, 6.07) is 9.58. The number of ketones is 1. The van der Waals surface area contributed by atoms with E-state index in [0.29, 0.717) is 12.3 Å². The van der Waals surface area contributed by atoms with Gasteiger partial charge in [0, 0.05) is 7.11 Å². The third-order valence-corrected chi connectivity index (χ3v) is 3.47. The van der Waals surface area contributed by atoms with E-state index in [9.17, 15) is 9.90 Å². The minimum Gasteiger partial charge on any atom is -0.484 e. The molecule has 1 aliphatic rings. The summed E-state index contributed by atoms with van der Waals surface area (Å²) >= 11 is 0. The lowest BCUT2D eigenvalue weighted by Gasteiger charge is -2.25. The number of carbonyl (C=O) groups is 1. The number of nitrogens with zero attached hydrogens (tertiary/aromatic N) is 1.